The number of ether oxygens (including phenoxy) is 1. The van der Waals surface area contributed by atoms with Gasteiger partial charge in [-0.1, -0.05) is 62.4 Å². The minimum absolute atomic E-state index is 0.0284. The summed E-state index contributed by atoms with van der Waals surface area (Å²) in [6.07, 6.45) is 7.20. The molecule has 5 heteroatoms. The zero-order valence-electron chi connectivity index (χ0n) is 15.7. The smallest absolute Gasteiger partial charge is 0.237 e. The Balaban J connectivity index is 1.38. The molecule has 0 spiro atoms. The fourth-order valence-electron chi connectivity index (χ4n) is 4.12. The molecule has 26 heavy (non-hydrogen) atoms. The normalized spacial score (nSPS) is 23.5. The van der Waals surface area contributed by atoms with E-state index in [-0.39, 0.29) is 18.1 Å². The quantitative estimate of drug-likeness (QED) is 0.784. The van der Waals surface area contributed by atoms with Crippen molar-refractivity contribution < 1.29 is 9.53 Å². The van der Waals surface area contributed by atoms with Crippen molar-refractivity contribution in [3.8, 4) is 0 Å². The van der Waals surface area contributed by atoms with E-state index < -0.39 is 0 Å². The van der Waals surface area contributed by atoms with Crippen molar-refractivity contribution in [2.75, 3.05) is 26.2 Å². The molecule has 3 rings (SSSR count). The Labute approximate surface area is 157 Å². The number of rotatable bonds is 7. The molecule has 0 bridgehead atoms. The van der Waals surface area contributed by atoms with Gasteiger partial charge in [-0.25, -0.2) is 0 Å². The first kappa shape index (κ1) is 19.3. The average Bonchev–Trinajstić information content (AvgIpc) is 2.68. The molecule has 1 saturated heterocycles. The molecule has 0 aromatic heterocycles. The van der Waals surface area contributed by atoms with E-state index in [1.165, 1.54) is 37.7 Å². The topological polar surface area (TPSA) is 67.6 Å². The summed E-state index contributed by atoms with van der Waals surface area (Å²) in [7, 11) is 0. The van der Waals surface area contributed by atoms with Gasteiger partial charge in [-0.2, -0.15) is 0 Å². The summed E-state index contributed by atoms with van der Waals surface area (Å²) in [5.41, 5.74) is 7.44. The van der Waals surface area contributed by atoms with Crippen LogP contribution in [-0.2, 0) is 16.1 Å². The maximum atomic E-state index is 12.3. The van der Waals surface area contributed by atoms with Gasteiger partial charge in [0.05, 0.1) is 18.8 Å². The van der Waals surface area contributed by atoms with Crippen molar-refractivity contribution in [2.45, 2.75) is 57.2 Å². The Bertz CT molecular complexity index is 545. The van der Waals surface area contributed by atoms with Gasteiger partial charge in [0.15, 0.2) is 0 Å². The fraction of sp³-hybridized carbons (Fsp3) is 0.667. The van der Waals surface area contributed by atoms with E-state index in [0.717, 1.165) is 26.1 Å². The maximum Gasteiger partial charge on any atom is 0.237 e. The number of hydrogen-bond donors (Lipinski definition) is 2. The number of benzene rings is 1. The van der Waals surface area contributed by atoms with E-state index in [4.69, 9.17) is 10.5 Å². The lowest BCUT2D eigenvalue weighted by Crippen LogP contribution is -2.50. The molecule has 144 valence electrons. The molecule has 2 unspecified atom stereocenters. The highest BCUT2D eigenvalue weighted by Crippen LogP contribution is 2.26. The number of nitrogens with two attached hydrogens (primary N) is 1. The van der Waals surface area contributed by atoms with Crippen LogP contribution in [0.1, 0.15) is 44.1 Å². The van der Waals surface area contributed by atoms with Gasteiger partial charge < -0.3 is 15.8 Å². The third-order valence-corrected chi connectivity index (χ3v) is 5.62. The molecule has 1 saturated carbocycles. The van der Waals surface area contributed by atoms with Crippen LogP contribution in [0, 0.1) is 5.92 Å². The summed E-state index contributed by atoms with van der Waals surface area (Å²) in [4.78, 5) is 14.7. The van der Waals surface area contributed by atoms with E-state index in [2.05, 4.69) is 34.5 Å². The lowest BCUT2D eigenvalue weighted by Gasteiger charge is -2.33. The van der Waals surface area contributed by atoms with Crippen LogP contribution in [0.2, 0.25) is 0 Å². The second kappa shape index (κ2) is 10.0. The second-order valence-corrected chi connectivity index (χ2v) is 7.80. The third-order valence-electron chi connectivity index (χ3n) is 5.62. The van der Waals surface area contributed by atoms with Crippen molar-refractivity contribution in [3.63, 3.8) is 0 Å². The Morgan fingerprint density at radius 1 is 1.23 bits per heavy atom. The molecule has 1 amide bonds. The minimum Gasteiger partial charge on any atom is -0.374 e. The zero-order valence-corrected chi connectivity index (χ0v) is 15.7. The van der Waals surface area contributed by atoms with E-state index >= 15 is 0 Å². The standard InChI is InChI=1S/C21H33N3O2/c22-20(13-17-7-3-1-4-8-17)21(25)23-14-19-16-24(11-12-26-19)15-18-9-5-2-6-10-18/h2,5-6,9-10,17,19-20H,1,3-4,7-8,11-16,22H2,(H,23,25). The van der Waals surface area contributed by atoms with Gasteiger partial charge in [0.1, 0.15) is 0 Å². The highest BCUT2D eigenvalue weighted by molar-refractivity contribution is 5.81. The first-order chi connectivity index (χ1) is 12.7. The van der Waals surface area contributed by atoms with Crippen molar-refractivity contribution in [3.05, 3.63) is 35.9 Å². The molecule has 1 heterocycles. The lowest BCUT2D eigenvalue weighted by molar-refractivity contribution is -0.124. The number of morpholine rings is 1. The van der Waals surface area contributed by atoms with Gasteiger partial charge in [0.2, 0.25) is 5.91 Å². The van der Waals surface area contributed by atoms with Crippen molar-refractivity contribution in [1.29, 1.82) is 0 Å². The highest BCUT2D eigenvalue weighted by atomic mass is 16.5. The molecule has 3 N–H and O–H groups in total. The van der Waals surface area contributed by atoms with Crippen LogP contribution in [0.5, 0.6) is 0 Å². The van der Waals surface area contributed by atoms with Gasteiger partial charge in [0, 0.05) is 26.2 Å². The molecular weight excluding hydrogens is 326 g/mol. The second-order valence-electron chi connectivity index (χ2n) is 7.80. The average molecular weight is 360 g/mol. The molecule has 1 aliphatic heterocycles. The summed E-state index contributed by atoms with van der Waals surface area (Å²) in [5.74, 6) is 0.594. The summed E-state index contributed by atoms with van der Waals surface area (Å²) in [6.45, 7) is 3.95. The van der Waals surface area contributed by atoms with E-state index in [9.17, 15) is 4.79 Å². The molecule has 2 fully saturated rings. The van der Waals surface area contributed by atoms with Gasteiger partial charge >= 0.3 is 0 Å². The number of carbonyl (C=O) groups is 1. The Kier molecular flexibility index (Phi) is 7.47. The maximum absolute atomic E-state index is 12.3. The van der Waals surface area contributed by atoms with Crippen molar-refractivity contribution in [2.24, 2.45) is 11.7 Å². The van der Waals surface area contributed by atoms with Gasteiger partial charge in [0.25, 0.3) is 0 Å². The van der Waals surface area contributed by atoms with Crippen LogP contribution in [0.3, 0.4) is 0 Å². The van der Waals surface area contributed by atoms with E-state index in [1.54, 1.807) is 0 Å². The van der Waals surface area contributed by atoms with Crippen LogP contribution < -0.4 is 11.1 Å². The van der Waals surface area contributed by atoms with Crippen LogP contribution in [-0.4, -0.2) is 49.2 Å². The molecule has 5 nitrogen and oxygen atoms in total. The molecule has 1 aromatic carbocycles. The third kappa shape index (κ3) is 6.08. The summed E-state index contributed by atoms with van der Waals surface area (Å²) >= 11 is 0. The van der Waals surface area contributed by atoms with E-state index in [1.807, 2.05) is 6.07 Å². The first-order valence-corrected chi connectivity index (χ1v) is 10.1. The predicted molar refractivity (Wildman–Crippen MR) is 104 cm³/mol. The SMILES string of the molecule is NC(CC1CCCCC1)C(=O)NCC1CN(Cc2ccccc2)CCO1. The Hall–Kier alpha value is -1.43. The number of nitrogens with one attached hydrogen (secondary N) is 1. The largest absolute Gasteiger partial charge is 0.374 e. The van der Waals surface area contributed by atoms with Crippen LogP contribution in [0.4, 0.5) is 0 Å². The molecule has 2 atom stereocenters. The summed E-state index contributed by atoms with van der Waals surface area (Å²) in [5, 5.41) is 3.01. The Morgan fingerprint density at radius 3 is 2.77 bits per heavy atom. The minimum atomic E-state index is -0.387. The number of hydrogen-bond acceptors (Lipinski definition) is 4. The first-order valence-electron chi connectivity index (χ1n) is 10.1. The highest BCUT2D eigenvalue weighted by Gasteiger charge is 2.24. The van der Waals surface area contributed by atoms with Crippen molar-refractivity contribution >= 4 is 5.91 Å². The Morgan fingerprint density at radius 2 is 2.00 bits per heavy atom. The van der Waals surface area contributed by atoms with Gasteiger partial charge in [-0.05, 0) is 17.9 Å². The monoisotopic (exact) mass is 359 g/mol. The predicted octanol–water partition coefficient (Wildman–Crippen LogP) is 2.30. The number of carbonyl (C=O) groups excluding carboxylic acids is 1. The van der Waals surface area contributed by atoms with Gasteiger partial charge in [-0.3, -0.25) is 9.69 Å². The molecular formula is C21H33N3O2. The number of amides is 1. The van der Waals surface area contributed by atoms with Gasteiger partial charge in [-0.15, -0.1) is 0 Å². The van der Waals surface area contributed by atoms with Crippen molar-refractivity contribution in [1.82, 2.24) is 10.2 Å². The molecule has 2 aliphatic rings. The molecule has 0 radical (unpaired) electrons. The zero-order chi connectivity index (χ0) is 18.2. The summed E-state index contributed by atoms with van der Waals surface area (Å²) in [6, 6.07) is 10.1. The summed E-state index contributed by atoms with van der Waals surface area (Å²) < 4.78 is 5.83. The van der Waals surface area contributed by atoms with Crippen LogP contribution in [0.25, 0.3) is 0 Å². The van der Waals surface area contributed by atoms with E-state index in [0.29, 0.717) is 19.1 Å². The molecule has 1 aliphatic carbocycles. The van der Waals surface area contributed by atoms with Crippen LogP contribution in [0.15, 0.2) is 30.3 Å². The van der Waals surface area contributed by atoms with Crippen LogP contribution >= 0.6 is 0 Å². The fourth-order valence-corrected chi connectivity index (χ4v) is 4.12. The molecule has 1 aromatic rings. The number of nitrogens with zero attached hydrogens (tertiary/aromatic N) is 1. The lowest BCUT2D eigenvalue weighted by atomic mass is 9.85.